The molecule has 2 atom stereocenters. The molecule has 0 aliphatic heterocycles. The molecule has 3 rings (SSSR count). The quantitative estimate of drug-likeness (QED) is 0.890. The topological polar surface area (TPSA) is 46.3 Å². The Morgan fingerprint density at radius 2 is 1.82 bits per heavy atom. The lowest BCUT2D eigenvalue weighted by molar-refractivity contribution is -0.137. The predicted octanol–water partition coefficient (Wildman–Crippen LogP) is 3.56. The van der Waals surface area contributed by atoms with E-state index in [1.165, 1.54) is 24.8 Å². The molecule has 2 bridgehead atoms. The van der Waals surface area contributed by atoms with Crippen molar-refractivity contribution in [1.29, 1.82) is 0 Å². The average Bonchev–Trinajstić information content (AvgIpc) is 2.48. The second-order valence-corrected chi connectivity index (χ2v) is 7.93. The summed E-state index contributed by atoms with van der Waals surface area (Å²) >= 11 is 3.44. The van der Waals surface area contributed by atoms with Gasteiger partial charge in [0.15, 0.2) is 0 Å². The summed E-state index contributed by atoms with van der Waals surface area (Å²) in [7, 11) is 1.93. The highest BCUT2D eigenvalue weighted by Crippen LogP contribution is 2.42. The number of nitrogens with two attached hydrogens (primary N) is 1. The summed E-state index contributed by atoms with van der Waals surface area (Å²) < 4.78 is 1.07. The molecule has 0 heterocycles. The van der Waals surface area contributed by atoms with Crippen molar-refractivity contribution in [3.8, 4) is 0 Å². The fourth-order valence-electron chi connectivity index (χ4n) is 4.24. The highest BCUT2D eigenvalue weighted by Gasteiger charge is 2.41. The number of benzene rings is 1. The molecule has 2 unspecified atom stereocenters. The Morgan fingerprint density at radius 1 is 1.23 bits per heavy atom. The average molecular weight is 365 g/mol. The molecule has 2 N–H and O–H groups in total. The number of nitrogens with zero attached hydrogens (tertiary/aromatic N) is 1. The number of hydrogen-bond acceptors (Lipinski definition) is 2. The summed E-state index contributed by atoms with van der Waals surface area (Å²) in [6.45, 7) is 0.685. The Hall–Kier alpha value is -0.870. The van der Waals surface area contributed by atoms with E-state index in [1.807, 2.05) is 24.1 Å². The lowest BCUT2D eigenvalue weighted by Gasteiger charge is -2.44. The fourth-order valence-corrected chi connectivity index (χ4v) is 4.51. The van der Waals surface area contributed by atoms with Crippen molar-refractivity contribution < 1.29 is 4.79 Å². The first-order valence-corrected chi connectivity index (χ1v) is 9.09. The Bertz CT molecular complexity index is 516. The summed E-state index contributed by atoms with van der Waals surface area (Å²) in [5, 5.41) is 0. The van der Waals surface area contributed by atoms with Crippen molar-refractivity contribution in [3.63, 3.8) is 0 Å². The molecule has 2 saturated carbocycles. The second-order valence-electron chi connectivity index (χ2n) is 7.02. The second kappa shape index (κ2) is 6.71. The number of rotatable bonds is 3. The minimum absolute atomic E-state index is 0.176. The normalized spacial score (nSPS) is 30.9. The molecule has 2 aliphatic carbocycles. The third kappa shape index (κ3) is 3.38. The number of halogens is 1. The van der Waals surface area contributed by atoms with Crippen LogP contribution in [0, 0.1) is 17.8 Å². The molecule has 22 heavy (non-hydrogen) atoms. The zero-order chi connectivity index (χ0) is 15.7. The van der Waals surface area contributed by atoms with Gasteiger partial charge in [0.2, 0.25) is 5.91 Å². The molecular weight excluding hydrogens is 340 g/mol. The van der Waals surface area contributed by atoms with E-state index in [2.05, 4.69) is 28.1 Å². The van der Waals surface area contributed by atoms with Crippen LogP contribution < -0.4 is 5.73 Å². The van der Waals surface area contributed by atoms with Gasteiger partial charge in [-0.1, -0.05) is 34.5 Å². The summed E-state index contributed by atoms with van der Waals surface area (Å²) in [4.78, 5) is 14.7. The standard InChI is InChI=1S/C18H25BrN2O/c1-21(11-12-5-7-16(19)8-6-12)18(22)15-9-13-3-2-4-14(10-15)17(13)20/h5-8,13-15,17H,2-4,9-11,20H2,1H3. The van der Waals surface area contributed by atoms with Crippen molar-refractivity contribution >= 4 is 21.8 Å². The Labute approximate surface area is 141 Å². The molecular formula is C18H25BrN2O. The number of amides is 1. The molecule has 0 saturated heterocycles. The van der Waals surface area contributed by atoms with Crippen LogP contribution in [-0.2, 0) is 11.3 Å². The summed E-state index contributed by atoms with van der Waals surface area (Å²) in [5.41, 5.74) is 7.50. The van der Waals surface area contributed by atoms with Crippen LogP contribution in [0.25, 0.3) is 0 Å². The van der Waals surface area contributed by atoms with Crippen molar-refractivity contribution in [2.45, 2.75) is 44.7 Å². The number of hydrogen-bond donors (Lipinski definition) is 1. The van der Waals surface area contributed by atoms with Crippen LogP contribution in [0.4, 0.5) is 0 Å². The molecule has 0 aromatic heterocycles. The van der Waals surface area contributed by atoms with Crippen LogP contribution in [0.15, 0.2) is 28.7 Å². The zero-order valence-corrected chi connectivity index (χ0v) is 14.8. The third-order valence-corrected chi connectivity index (χ3v) is 6.00. The number of carbonyl (C=O) groups excluding carboxylic acids is 1. The van der Waals surface area contributed by atoms with Crippen LogP contribution in [0.1, 0.15) is 37.7 Å². The van der Waals surface area contributed by atoms with Gasteiger partial charge in [0, 0.05) is 30.0 Å². The third-order valence-electron chi connectivity index (χ3n) is 5.47. The first-order valence-electron chi connectivity index (χ1n) is 8.29. The van der Waals surface area contributed by atoms with Gasteiger partial charge in [-0.05, 0) is 55.2 Å². The van der Waals surface area contributed by atoms with Gasteiger partial charge in [0.1, 0.15) is 0 Å². The maximum Gasteiger partial charge on any atom is 0.225 e. The van der Waals surface area contributed by atoms with Gasteiger partial charge in [-0.2, -0.15) is 0 Å². The van der Waals surface area contributed by atoms with Gasteiger partial charge in [0.25, 0.3) is 0 Å². The molecule has 1 amide bonds. The molecule has 1 aromatic rings. The van der Waals surface area contributed by atoms with E-state index in [1.54, 1.807) is 0 Å². The van der Waals surface area contributed by atoms with Gasteiger partial charge in [-0.25, -0.2) is 0 Å². The highest BCUT2D eigenvalue weighted by molar-refractivity contribution is 9.10. The molecule has 0 spiro atoms. The summed E-state index contributed by atoms with van der Waals surface area (Å²) in [6, 6.07) is 8.52. The van der Waals surface area contributed by atoms with Gasteiger partial charge >= 0.3 is 0 Å². The summed E-state index contributed by atoms with van der Waals surface area (Å²) in [5.74, 6) is 1.59. The first-order chi connectivity index (χ1) is 10.5. The van der Waals surface area contributed by atoms with E-state index in [9.17, 15) is 4.79 Å². The molecule has 0 radical (unpaired) electrons. The van der Waals surface area contributed by atoms with Crippen LogP contribution in [0.2, 0.25) is 0 Å². The molecule has 1 aromatic carbocycles. The first kappa shape index (κ1) is 16.0. The molecule has 2 fully saturated rings. The van der Waals surface area contributed by atoms with E-state index in [4.69, 9.17) is 5.73 Å². The van der Waals surface area contributed by atoms with Crippen LogP contribution in [0.3, 0.4) is 0 Å². The van der Waals surface area contributed by atoms with Crippen molar-refractivity contribution in [3.05, 3.63) is 34.3 Å². The molecule has 3 nitrogen and oxygen atoms in total. The summed E-state index contributed by atoms with van der Waals surface area (Å²) in [6.07, 6.45) is 5.68. The Kier molecular flexibility index (Phi) is 4.88. The van der Waals surface area contributed by atoms with Crippen molar-refractivity contribution in [2.75, 3.05) is 7.05 Å². The smallest absolute Gasteiger partial charge is 0.225 e. The largest absolute Gasteiger partial charge is 0.341 e. The predicted molar refractivity (Wildman–Crippen MR) is 92.1 cm³/mol. The van der Waals surface area contributed by atoms with Crippen LogP contribution >= 0.6 is 15.9 Å². The van der Waals surface area contributed by atoms with Gasteiger partial charge in [-0.15, -0.1) is 0 Å². The van der Waals surface area contributed by atoms with E-state index >= 15 is 0 Å². The van der Waals surface area contributed by atoms with Crippen LogP contribution in [-0.4, -0.2) is 23.9 Å². The van der Waals surface area contributed by atoms with E-state index in [0.29, 0.717) is 30.3 Å². The lowest BCUT2D eigenvalue weighted by atomic mass is 9.65. The SMILES string of the molecule is CN(Cc1ccc(Br)cc1)C(=O)C1CC2CCCC(C1)C2N. The van der Waals surface area contributed by atoms with Crippen molar-refractivity contribution in [2.24, 2.45) is 23.5 Å². The molecule has 120 valence electrons. The molecule has 2 aliphatic rings. The molecule has 4 heteroatoms. The number of fused-ring (bicyclic) bond motifs is 2. The monoisotopic (exact) mass is 364 g/mol. The van der Waals surface area contributed by atoms with Crippen molar-refractivity contribution in [1.82, 2.24) is 4.90 Å². The van der Waals surface area contributed by atoms with E-state index in [0.717, 1.165) is 17.3 Å². The number of carbonyl (C=O) groups is 1. The van der Waals surface area contributed by atoms with Gasteiger partial charge in [-0.3, -0.25) is 4.79 Å². The van der Waals surface area contributed by atoms with Gasteiger partial charge in [0.05, 0.1) is 0 Å². The van der Waals surface area contributed by atoms with E-state index in [-0.39, 0.29) is 5.92 Å². The highest BCUT2D eigenvalue weighted by atomic mass is 79.9. The Balaban J connectivity index is 1.62. The maximum absolute atomic E-state index is 12.8. The lowest BCUT2D eigenvalue weighted by Crippen LogP contribution is -2.49. The Morgan fingerprint density at radius 3 is 2.41 bits per heavy atom. The maximum atomic E-state index is 12.8. The van der Waals surface area contributed by atoms with Crippen LogP contribution in [0.5, 0.6) is 0 Å². The van der Waals surface area contributed by atoms with Gasteiger partial charge < -0.3 is 10.6 Å². The van der Waals surface area contributed by atoms with E-state index < -0.39 is 0 Å². The minimum Gasteiger partial charge on any atom is -0.341 e. The fraction of sp³-hybridized carbons (Fsp3) is 0.611. The zero-order valence-electron chi connectivity index (χ0n) is 13.2. The minimum atomic E-state index is 0.176.